The maximum atomic E-state index is 5.00. The lowest BCUT2D eigenvalue weighted by atomic mass is 9.94. The van der Waals surface area contributed by atoms with E-state index >= 15 is 0 Å². The van der Waals surface area contributed by atoms with Gasteiger partial charge < -0.3 is 4.90 Å². The summed E-state index contributed by atoms with van der Waals surface area (Å²) in [5.41, 5.74) is 9.76. The van der Waals surface area contributed by atoms with E-state index in [0.717, 1.165) is 29.3 Å². The van der Waals surface area contributed by atoms with Crippen LogP contribution in [-0.2, 0) is 13.0 Å². The molecule has 0 atom stereocenters. The van der Waals surface area contributed by atoms with Crippen LogP contribution in [0.1, 0.15) is 67.7 Å². The molecule has 1 aliphatic heterocycles. The number of nitrogens with zero attached hydrogens (tertiary/aromatic N) is 2. The molecule has 2 heteroatoms. The molecule has 0 radical (unpaired) electrons. The van der Waals surface area contributed by atoms with Crippen LogP contribution in [0, 0.1) is 0 Å². The molecule has 0 spiro atoms. The van der Waals surface area contributed by atoms with Gasteiger partial charge in [-0.1, -0.05) is 106 Å². The van der Waals surface area contributed by atoms with Crippen molar-refractivity contribution in [2.24, 2.45) is 4.99 Å². The molecule has 0 N–H and O–H groups in total. The largest absolute Gasteiger partial charge is 0.311 e. The number of unbranched alkanes of at least 4 members (excludes halogenated alkanes) is 5. The molecule has 6 rings (SSSR count). The number of aryl methyl sites for hydroxylation is 1. The minimum atomic E-state index is 0.754. The van der Waals surface area contributed by atoms with E-state index in [4.69, 9.17) is 4.99 Å². The van der Waals surface area contributed by atoms with Crippen LogP contribution in [0.5, 0.6) is 0 Å². The highest BCUT2D eigenvalue weighted by Crippen LogP contribution is 2.35. The Labute approximate surface area is 239 Å². The molecule has 0 bridgehead atoms. The summed E-state index contributed by atoms with van der Waals surface area (Å²) in [6.45, 7) is 3.03. The highest BCUT2D eigenvalue weighted by Gasteiger charge is 2.19. The van der Waals surface area contributed by atoms with Crippen LogP contribution in [0.2, 0.25) is 0 Å². The summed E-state index contributed by atoms with van der Waals surface area (Å²) < 4.78 is 0. The van der Waals surface area contributed by atoms with Crippen LogP contribution in [0.25, 0.3) is 10.8 Å². The highest BCUT2D eigenvalue weighted by atomic mass is 15.1. The van der Waals surface area contributed by atoms with Crippen LogP contribution >= 0.6 is 0 Å². The first kappa shape index (κ1) is 26.1. The Balaban J connectivity index is 1.21. The van der Waals surface area contributed by atoms with Crippen molar-refractivity contribution in [3.63, 3.8) is 0 Å². The van der Waals surface area contributed by atoms with Gasteiger partial charge in [-0.05, 0) is 83.3 Å². The van der Waals surface area contributed by atoms with Crippen molar-refractivity contribution >= 4 is 33.5 Å². The molecule has 5 aromatic carbocycles. The Morgan fingerprint density at radius 3 is 1.95 bits per heavy atom. The van der Waals surface area contributed by atoms with Crippen LogP contribution in [0.4, 0.5) is 17.1 Å². The zero-order valence-electron chi connectivity index (χ0n) is 23.5. The lowest BCUT2D eigenvalue weighted by molar-refractivity contribution is 0.607. The Bertz CT molecular complexity index is 1540. The van der Waals surface area contributed by atoms with Crippen LogP contribution in [0.3, 0.4) is 0 Å². The summed E-state index contributed by atoms with van der Waals surface area (Å²) in [5.74, 6) is 0. The quantitative estimate of drug-likeness (QED) is 0.158. The van der Waals surface area contributed by atoms with Gasteiger partial charge in [0.15, 0.2) is 0 Å². The van der Waals surface area contributed by atoms with Gasteiger partial charge >= 0.3 is 0 Å². The monoisotopic (exact) mass is 522 g/mol. The number of fused-ring (bicyclic) bond motifs is 2. The zero-order chi connectivity index (χ0) is 27.1. The number of anilines is 3. The summed E-state index contributed by atoms with van der Waals surface area (Å²) in [6.07, 6.45) is 9.23. The molecule has 5 aromatic rings. The molecule has 1 aliphatic rings. The molecule has 40 heavy (non-hydrogen) atoms. The van der Waals surface area contributed by atoms with Crippen molar-refractivity contribution in [2.45, 2.75) is 58.4 Å². The van der Waals surface area contributed by atoms with Gasteiger partial charge in [-0.25, -0.2) is 0 Å². The molecular weight excluding hydrogens is 484 g/mol. The Morgan fingerprint density at radius 1 is 0.600 bits per heavy atom. The van der Waals surface area contributed by atoms with Crippen molar-refractivity contribution < 1.29 is 0 Å². The van der Waals surface area contributed by atoms with Crippen molar-refractivity contribution in [3.8, 4) is 0 Å². The van der Waals surface area contributed by atoms with Crippen LogP contribution < -0.4 is 4.90 Å². The molecule has 0 saturated heterocycles. The van der Waals surface area contributed by atoms with Gasteiger partial charge in [0.2, 0.25) is 0 Å². The van der Waals surface area contributed by atoms with Gasteiger partial charge in [0.05, 0.1) is 12.3 Å². The fourth-order valence-corrected chi connectivity index (χ4v) is 5.88. The predicted molar refractivity (Wildman–Crippen MR) is 171 cm³/mol. The van der Waals surface area contributed by atoms with E-state index in [-0.39, 0.29) is 0 Å². The number of rotatable bonds is 11. The van der Waals surface area contributed by atoms with Crippen molar-refractivity contribution in [1.82, 2.24) is 0 Å². The number of hydrogen-bond acceptors (Lipinski definition) is 2. The van der Waals surface area contributed by atoms with E-state index < -0.39 is 0 Å². The Hall–Kier alpha value is -4.17. The number of benzene rings is 5. The minimum absolute atomic E-state index is 0.754. The van der Waals surface area contributed by atoms with Crippen LogP contribution in [0.15, 0.2) is 120 Å². The molecule has 2 nitrogen and oxygen atoms in total. The van der Waals surface area contributed by atoms with E-state index in [1.54, 1.807) is 0 Å². The third-order valence-electron chi connectivity index (χ3n) is 8.04. The van der Waals surface area contributed by atoms with Crippen molar-refractivity contribution in [2.75, 3.05) is 4.90 Å². The smallest absolute Gasteiger partial charge is 0.0726 e. The van der Waals surface area contributed by atoms with Gasteiger partial charge in [-0.3, -0.25) is 4.99 Å². The first-order chi connectivity index (χ1) is 19.8. The molecule has 0 fully saturated rings. The summed E-state index contributed by atoms with van der Waals surface area (Å²) in [6, 6.07) is 41.7. The van der Waals surface area contributed by atoms with E-state index in [2.05, 4.69) is 127 Å². The fourth-order valence-electron chi connectivity index (χ4n) is 5.88. The first-order valence-electron chi connectivity index (χ1n) is 14.9. The van der Waals surface area contributed by atoms with Gasteiger partial charge in [-0.2, -0.15) is 0 Å². The third kappa shape index (κ3) is 5.72. The second-order valence-electron chi connectivity index (χ2n) is 10.9. The van der Waals surface area contributed by atoms with Gasteiger partial charge in [0.25, 0.3) is 0 Å². The Morgan fingerprint density at radius 2 is 1.25 bits per heavy atom. The summed E-state index contributed by atoms with van der Waals surface area (Å²) >= 11 is 0. The standard InChI is InChI=1S/C38H38N2/c1-2-3-4-5-6-9-14-29-19-20-31-27-37-33(26-32(31)25-29)28-39-38(37)30-21-23-36(24-22-30)40(34-15-10-7-11-16-34)35-17-12-8-13-18-35/h7-8,10-13,15-27H,2-6,9,14,28H2,1H3. The number of hydrogen-bond donors (Lipinski definition) is 0. The second-order valence-corrected chi connectivity index (χ2v) is 10.9. The van der Waals surface area contributed by atoms with Gasteiger partial charge in [0.1, 0.15) is 0 Å². The lowest BCUT2D eigenvalue weighted by Crippen LogP contribution is -2.10. The first-order valence-corrected chi connectivity index (χ1v) is 14.9. The highest BCUT2D eigenvalue weighted by molar-refractivity contribution is 6.16. The summed E-state index contributed by atoms with van der Waals surface area (Å²) in [5, 5.41) is 2.64. The topological polar surface area (TPSA) is 15.6 Å². The summed E-state index contributed by atoms with van der Waals surface area (Å²) in [7, 11) is 0. The molecular formula is C38H38N2. The van der Waals surface area contributed by atoms with Gasteiger partial charge in [-0.15, -0.1) is 0 Å². The molecule has 0 saturated carbocycles. The van der Waals surface area contributed by atoms with E-state index in [1.165, 1.54) is 78.0 Å². The van der Waals surface area contributed by atoms with Crippen molar-refractivity contribution in [1.29, 1.82) is 0 Å². The molecule has 0 unspecified atom stereocenters. The lowest BCUT2D eigenvalue weighted by Gasteiger charge is -2.25. The number of para-hydroxylation sites is 2. The summed E-state index contributed by atoms with van der Waals surface area (Å²) in [4.78, 5) is 7.29. The average molecular weight is 523 g/mol. The maximum Gasteiger partial charge on any atom is 0.0726 e. The molecule has 0 aliphatic carbocycles. The Kier molecular flexibility index (Phi) is 8.05. The third-order valence-corrected chi connectivity index (χ3v) is 8.04. The maximum absolute atomic E-state index is 5.00. The van der Waals surface area contributed by atoms with E-state index in [1.807, 2.05) is 0 Å². The molecule has 0 amide bonds. The van der Waals surface area contributed by atoms with Crippen LogP contribution in [-0.4, -0.2) is 5.71 Å². The van der Waals surface area contributed by atoms with E-state index in [9.17, 15) is 0 Å². The fraction of sp³-hybridized carbons (Fsp3) is 0.237. The normalized spacial score (nSPS) is 12.4. The molecule has 200 valence electrons. The molecule has 1 heterocycles. The SMILES string of the molecule is CCCCCCCCc1ccc2cc3c(cc2c1)CN=C3c1ccc(N(c2ccccc2)c2ccccc2)cc1. The average Bonchev–Trinajstić information content (AvgIpc) is 3.42. The molecule has 0 aromatic heterocycles. The predicted octanol–water partition coefficient (Wildman–Crippen LogP) is 10.6. The zero-order valence-corrected chi connectivity index (χ0v) is 23.5. The number of aliphatic imine (C=N–C) groups is 1. The second kappa shape index (κ2) is 12.3. The minimum Gasteiger partial charge on any atom is -0.311 e. The van der Waals surface area contributed by atoms with Gasteiger partial charge in [0, 0.05) is 28.2 Å². The van der Waals surface area contributed by atoms with Crippen molar-refractivity contribution in [3.05, 3.63) is 138 Å². The van der Waals surface area contributed by atoms with E-state index in [0.29, 0.717) is 0 Å².